The lowest BCUT2D eigenvalue weighted by Gasteiger charge is -2.39. The van der Waals surface area contributed by atoms with Crippen LogP contribution in [0.3, 0.4) is 0 Å². The van der Waals surface area contributed by atoms with Crippen LogP contribution >= 0.6 is 11.6 Å². The number of amides is 3. The zero-order chi connectivity index (χ0) is 34.2. The van der Waals surface area contributed by atoms with Gasteiger partial charge in [-0.25, -0.2) is 4.79 Å². The van der Waals surface area contributed by atoms with E-state index in [0.717, 1.165) is 12.0 Å². The number of phenolic OH excluding ortho intramolecular Hbond substituents is 2. The molecule has 10 heteroatoms. The van der Waals surface area contributed by atoms with Crippen molar-refractivity contribution in [3.63, 3.8) is 0 Å². The van der Waals surface area contributed by atoms with Gasteiger partial charge < -0.3 is 30.5 Å². The highest BCUT2D eigenvalue weighted by Crippen LogP contribution is 2.33. The van der Waals surface area contributed by atoms with Gasteiger partial charge in [0.05, 0.1) is 10.7 Å². The van der Waals surface area contributed by atoms with Crippen LogP contribution in [0.5, 0.6) is 11.5 Å². The maximum atomic E-state index is 14.8. The van der Waals surface area contributed by atoms with E-state index in [0.29, 0.717) is 34.2 Å². The first-order valence-electron chi connectivity index (χ1n) is 15.5. The van der Waals surface area contributed by atoms with Crippen LogP contribution < -0.4 is 10.6 Å². The SMILES string of the molecule is Cc1cccc(Cl)c1NC(=O)C(c1cccc(O)c1)N(C(=O)C(Cc1ccc(O)cc1)NC(=O)OC(C)(C)C)C(C)CCC(C)C. The lowest BCUT2D eigenvalue weighted by Crippen LogP contribution is -2.55. The Kier molecular flexibility index (Phi) is 12.5. The normalized spacial score (nSPS) is 13.4. The fourth-order valence-electron chi connectivity index (χ4n) is 5.13. The monoisotopic (exact) mass is 651 g/mol. The van der Waals surface area contributed by atoms with E-state index in [1.807, 2.05) is 19.9 Å². The number of ether oxygens (including phenoxy) is 1. The van der Waals surface area contributed by atoms with Gasteiger partial charge in [0.2, 0.25) is 5.91 Å². The van der Waals surface area contributed by atoms with Gasteiger partial charge in [-0.15, -0.1) is 0 Å². The highest BCUT2D eigenvalue weighted by Gasteiger charge is 2.39. The average Bonchev–Trinajstić information content (AvgIpc) is 2.96. The molecule has 0 fully saturated rings. The van der Waals surface area contributed by atoms with Gasteiger partial charge in [-0.05, 0) is 100 Å². The molecule has 0 aliphatic carbocycles. The Morgan fingerprint density at radius 2 is 1.57 bits per heavy atom. The fraction of sp³-hybridized carbons (Fsp3) is 0.417. The highest BCUT2D eigenvalue weighted by atomic mass is 35.5. The van der Waals surface area contributed by atoms with Gasteiger partial charge in [0.1, 0.15) is 29.2 Å². The summed E-state index contributed by atoms with van der Waals surface area (Å²) in [5.41, 5.74) is 1.38. The summed E-state index contributed by atoms with van der Waals surface area (Å²) in [6.07, 6.45) is 0.606. The number of para-hydroxylation sites is 1. The number of phenols is 2. The molecule has 9 nitrogen and oxygen atoms in total. The molecule has 3 rings (SSSR count). The van der Waals surface area contributed by atoms with Gasteiger partial charge in [0, 0.05) is 12.5 Å². The second-order valence-corrected chi connectivity index (χ2v) is 13.5. The average molecular weight is 652 g/mol. The Bertz CT molecular complexity index is 1480. The molecule has 3 atom stereocenters. The molecule has 0 aliphatic rings. The van der Waals surface area contributed by atoms with Gasteiger partial charge in [-0.1, -0.05) is 61.8 Å². The second-order valence-electron chi connectivity index (χ2n) is 13.1. The zero-order valence-corrected chi connectivity index (χ0v) is 28.4. The van der Waals surface area contributed by atoms with Crippen molar-refractivity contribution in [1.82, 2.24) is 10.2 Å². The lowest BCUT2D eigenvalue weighted by atomic mass is 9.95. The minimum Gasteiger partial charge on any atom is -0.508 e. The number of aromatic hydroxyl groups is 2. The summed E-state index contributed by atoms with van der Waals surface area (Å²) in [6.45, 7) is 13.0. The summed E-state index contributed by atoms with van der Waals surface area (Å²) in [6, 6.07) is 15.0. The number of anilines is 1. The predicted octanol–water partition coefficient (Wildman–Crippen LogP) is 7.53. The van der Waals surface area contributed by atoms with Crippen molar-refractivity contribution in [2.45, 2.75) is 91.5 Å². The number of hydrogen-bond donors (Lipinski definition) is 4. The summed E-state index contributed by atoms with van der Waals surface area (Å²) >= 11 is 6.49. The van der Waals surface area contributed by atoms with Crippen molar-refractivity contribution >= 4 is 35.2 Å². The smallest absolute Gasteiger partial charge is 0.408 e. The maximum absolute atomic E-state index is 14.8. The van der Waals surface area contributed by atoms with Crippen molar-refractivity contribution in [2.24, 2.45) is 5.92 Å². The molecule has 3 amide bonds. The predicted molar refractivity (Wildman–Crippen MR) is 181 cm³/mol. The van der Waals surface area contributed by atoms with Crippen molar-refractivity contribution in [2.75, 3.05) is 5.32 Å². The Morgan fingerprint density at radius 1 is 0.913 bits per heavy atom. The Balaban J connectivity index is 2.17. The third-order valence-corrected chi connectivity index (χ3v) is 7.75. The summed E-state index contributed by atoms with van der Waals surface area (Å²) in [5.74, 6) is -0.738. The van der Waals surface area contributed by atoms with Crippen LogP contribution in [-0.4, -0.2) is 50.7 Å². The van der Waals surface area contributed by atoms with Gasteiger partial charge in [0.15, 0.2) is 0 Å². The van der Waals surface area contributed by atoms with Gasteiger partial charge >= 0.3 is 6.09 Å². The first-order chi connectivity index (χ1) is 21.6. The summed E-state index contributed by atoms with van der Waals surface area (Å²) in [7, 11) is 0. The van der Waals surface area contributed by atoms with E-state index in [9.17, 15) is 24.6 Å². The standard InChI is InChI=1S/C36H46ClN3O6/c1-22(2)14-15-24(4)40(34(44)30(38-35(45)46-36(5,6)7)20-25-16-18-27(41)19-17-25)32(26-11-9-12-28(42)21-26)33(43)39-31-23(3)10-8-13-29(31)37/h8-13,16-19,21-22,24,30,32,41-42H,14-15,20H2,1-7H3,(H,38,45)(H,39,43). The van der Waals surface area contributed by atoms with E-state index in [1.54, 1.807) is 57.2 Å². The Hall–Kier alpha value is -4.24. The van der Waals surface area contributed by atoms with Crippen LogP contribution in [0.4, 0.5) is 10.5 Å². The number of alkyl carbamates (subject to hydrolysis) is 1. The molecule has 0 spiro atoms. The Labute approximate surface area is 276 Å². The Morgan fingerprint density at radius 3 is 2.15 bits per heavy atom. The van der Waals surface area contributed by atoms with Crippen LogP contribution in [0.25, 0.3) is 0 Å². The van der Waals surface area contributed by atoms with E-state index >= 15 is 0 Å². The number of rotatable bonds is 12. The topological polar surface area (TPSA) is 128 Å². The van der Waals surface area contributed by atoms with Crippen molar-refractivity contribution in [3.05, 3.63) is 88.4 Å². The van der Waals surface area contributed by atoms with Crippen molar-refractivity contribution in [1.29, 1.82) is 0 Å². The first kappa shape index (κ1) is 36.2. The summed E-state index contributed by atoms with van der Waals surface area (Å²) in [5, 5.41) is 26.3. The third kappa shape index (κ3) is 10.4. The first-order valence-corrected chi connectivity index (χ1v) is 15.9. The molecule has 0 bridgehead atoms. The van der Waals surface area contributed by atoms with Crippen LogP contribution in [0, 0.1) is 12.8 Å². The quantitative estimate of drug-likeness (QED) is 0.160. The molecule has 3 unspecified atom stereocenters. The lowest BCUT2D eigenvalue weighted by molar-refractivity contribution is -0.143. The highest BCUT2D eigenvalue weighted by molar-refractivity contribution is 6.34. The number of halogens is 1. The molecular weight excluding hydrogens is 606 g/mol. The molecular formula is C36H46ClN3O6. The van der Waals surface area contributed by atoms with E-state index in [-0.39, 0.29) is 17.9 Å². The summed E-state index contributed by atoms with van der Waals surface area (Å²) in [4.78, 5) is 43.8. The number of benzene rings is 3. The minimum absolute atomic E-state index is 0.0593. The van der Waals surface area contributed by atoms with Crippen LogP contribution in [0.2, 0.25) is 5.02 Å². The number of carbonyl (C=O) groups is 3. The van der Waals surface area contributed by atoms with E-state index in [1.165, 1.54) is 29.2 Å². The number of nitrogens with one attached hydrogen (secondary N) is 2. The van der Waals surface area contributed by atoms with Gasteiger partial charge in [0.25, 0.3) is 5.91 Å². The second kappa shape index (κ2) is 15.9. The maximum Gasteiger partial charge on any atom is 0.408 e. The molecule has 0 aliphatic heterocycles. The van der Waals surface area contributed by atoms with Crippen LogP contribution in [0.1, 0.15) is 77.1 Å². The van der Waals surface area contributed by atoms with Gasteiger partial charge in [-0.3, -0.25) is 9.59 Å². The van der Waals surface area contributed by atoms with Crippen LogP contribution in [0.15, 0.2) is 66.7 Å². The van der Waals surface area contributed by atoms with E-state index in [2.05, 4.69) is 24.5 Å². The molecule has 0 heterocycles. The van der Waals surface area contributed by atoms with Crippen molar-refractivity contribution < 1.29 is 29.3 Å². The number of nitrogens with zero attached hydrogens (tertiary/aromatic N) is 1. The third-order valence-electron chi connectivity index (χ3n) is 7.44. The van der Waals surface area contributed by atoms with Gasteiger partial charge in [-0.2, -0.15) is 0 Å². The number of aryl methyl sites for hydroxylation is 1. The van der Waals surface area contributed by atoms with E-state index in [4.69, 9.17) is 16.3 Å². The fourth-order valence-corrected chi connectivity index (χ4v) is 5.39. The molecule has 248 valence electrons. The molecule has 0 saturated heterocycles. The number of carbonyl (C=O) groups excluding carboxylic acids is 3. The van der Waals surface area contributed by atoms with E-state index < -0.39 is 41.6 Å². The summed E-state index contributed by atoms with van der Waals surface area (Å²) < 4.78 is 5.52. The molecule has 3 aromatic rings. The molecule has 0 aromatic heterocycles. The molecule has 0 saturated carbocycles. The molecule has 4 N–H and O–H groups in total. The molecule has 3 aromatic carbocycles. The number of hydrogen-bond acceptors (Lipinski definition) is 6. The minimum atomic E-state index is -1.21. The molecule has 0 radical (unpaired) electrons. The molecule has 46 heavy (non-hydrogen) atoms. The zero-order valence-electron chi connectivity index (χ0n) is 27.6. The van der Waals surface area contributed by atoms with Crippen molar-refractivity contribution in [3.8, 4) is 11.5 Å². The van der Waals surface area contributed by atoms with Crippen LogP contribution in [-0.2, 0) is 20.7 Å². The largest absolute Gasteiger partial charge is 0.508 e.